The molecule has 0 saturated heterocycles. The molecule has 1 aromatic heterocycles. The summed E-state index contributed by atoms with van der Waals surface area (Å²) in [5.41, 5.74) is 4.87. The normalized spacial score (nSPS) is 9.71. The van der Waals surface area contributed by atoms with Crippen LogP contribution in [0.1, 0.15) is 16.7 Å². The lowest BCUT2D eigenvalue weighted by Crippen LogP contribution is -2.37. The Balaban J connectivity index is 2.33. The molecule has 17 heavy (non-hydrogen) atoms. The Hall–Kier alpha value is -1.90. The van der Waals surface area contributed by atoms with E-state index >= 15 is 0 Å². The molecule has 0 atom stereocenters. The third-order valence-electron chi connectivity index (χ3n) is 1.66. The van der Waals surface area contributed by atoms with Crippen molar-refractivity contribution in [1.82, 2.24) is 20.8 Å². The van der Waals surface area contributed by atoms with Crippen molar-refractivity contribution in [3.63, 3.8) is 0 Å². The number of urea groups is 1. The zero-order valence-electron chi connectivity index (χ0n) is 9.32. The summed E-state index contributed by atoms with van der Waals surface area (Å²) in [4.78, 5) is 21.9. The topological polar surface area (TPSA) is 122 Å². The number of amides is 3. The molecule has 0 radical (unpaired) electrons. The summed E-state index contributed by atoms with van der Waals surface area (Å²) in [7, 11) is 0. The minimum absolute atomic E-state index is 0.278. The number of nitrogens with two attached hydrogens (primary N) is 1. The van der Waals surface area contributed by atoms with Crippen LogP contribution in [0.25, 0.3) is 0 Å². The quantitative estimate of drug-likeness (QED) is 0.506. The molecule has 3 amide bonds. The molecule has 1 aromatic rings. The zero-order valence-corrected chi connectivity index (χ0v) is 10.1. The monoisotopic (exact) mass is 258 g/mol. The van der Waals surface area contributed by atoms with Gasteiger partial charge in [0.2, 0.25) is 10.1 Å². The van der Waals surface area contributed by atoms with E-state index in [9.17, 15) is 9.59 Å². The van der Waals surface area contributed by atoms with E-state index in [4.69, 9.17) is 5.73 Å². The Morgan fingerprint density at radius 1 is 1.29 bits per heavy atom. The van der Waals surface area contributed by atoms with E-state index in [0.29, 0.717) is 5.13 Å². The van der Waals surface area contributed by atoms with Crippen molar-refractivity contribution in [2.75, 3.05) is 25.0 Å². The maximum atomic E-state index is 11.5. The average molecular weight is 258 g/mol. The highest BCUT2D eigenvalue weighted by Crippen LogP contribution is 2.14. The molecule has 1 heterocycles. The molecule has 0 bridgehead atoms. The molecule has 5 N–H and O–H groups in total. The van der Waals surface area contributed by atoms with Gasteiger partial charge < -0.3 is 21.7 Å². The standard InChI is InChI=1S/C8H14N6O2S/c1-2-10-8-14-13-6(17-8)5(15)11-3-4-12-7(9)16/h2-4H2,1H3,(H,10,14)(H,11,15)(H3,9,12,16). The van der Waals surface area contributed by atoms with Gasteiger partial charge in [-0.15, -0.1) is 10.2 Å². The van der Waals surface area contributed by atoms with E-state index in [0.717, 1.165) is 6.54 Å². The first kappa shape index (κ1) is 13.2. The van der Waals surface area contributed by atoms with Gasteiger partial charge in [0.25, 0.3) is 5.91 Å². The summed E-state index contributed by atoms with van der Waals surface area (Å²) in [5, 5.41) is 16.3. The molecule has 0 aliphatic rings. The molecule has 9 heteroatoms. The number of rotatable bonds is 6. The van der Waals surface area contributed by atoms with Crippen molar-refractivity contribution in [2.45, 2.75) is 6.92 Å². The number of hydrogen-bond acceptors (Lipinski definition) is 6. The third kappa shape index (κ3) is 4.64. The lowest BCUT2D eigenvalue weighted by atomic mass is 10.5. The van der Waals surface area contributed by atoms with Gasteiger partial charge in [-0.25, -0.2) is 4.79 Å². The maximum absolute atomic E-state index is 11.5. The van der Waals surface area contributed by atoms with Gasteiger partial charge in [0.15, 0.2) is 0 Å². The van der Waals surface area contributed by atoms with E-state index in [-0.39, 0.29) is 24.0 Å². The van der Waals surface area contributed by atoms with Gasteiger partial charge in [-0.3, -0.25) is 4.79 Å². The molecule has 0 spiro atoms. The van der Waals surface area contributed by atoms with Crippen LogP contribution in [0.15, 0.2) is 0 Å². The molecule has 0 fully saturated rings. The highest BCUT2D eigenvalue weighted by atomic mass is 32.1. The predicted molar refractivity (Wildman–Crippen MR) is 64.0 cm³/mol. The molecule has 94 valence electrons. The number of aromatic nitrogens is 2. The number of carbonyl (C=O) groups is 2. The molecule has 0 aromatic carbocycles. The number of carbonyl (C=O) groups excluding carboxylic acids is 2. The molecule has 8 nitrogen and oxygen atoms in total. The van der Waals surface area contributed by atoms with Crippen LogP contribution < -0.4 is 21.7 Å². The van der Waals surface area contributed by atoms with E-state index in [1.807, 2.05) is 6.92 Å². The van der Waals surface area contributed by atoms with Gasteiger partial charge in [-0.1, -0.05) is 11.3 Å². The van der Waals surface area contributed by atoms with E-state index in [1.54, 1.807) is 0 Å². The lowest BCUT2D eigenvalue weighted by Gasteiger charge is -2.02. The zero-order chi connectivity index (χ0) is 12.7. The first-order chi connectivity index (χ1) is 8.13. The number of primary amides is 1. The largest absolute Gasteiger partial charge is 0.360 e. The lowest BCUT2D eigenvalue weighted by molar-refractivity contribution is 0.0953. The molecular formula is C8H14N6O2S. The summed E-state index contributed by atoms with van der Waals surface area (Å²) < 4.78 is 0. The smallest absolute Gasteiger partial charge is 0.312 e. The fraction of sp³-hybridized carbons (Fsp3) is 0.500. The van der Waals surface area contributed by atoms with E-state index in [2.05, 4.69) is 26.1 Å². The third-order valence-corrected chi connectivity index (χ3v) is 2.54. The molecule has 1 rings (SSSR count). The second-order valence-corrected chi connectivity index (χ2v) is 3.97. The number of hydrogen-bond donors (Lipinski definition) is 4. The van der Waals surface area contributed by atoms with E-state index in [1.165, 1.54) is 11.3 Å². The Labute approximate surface area is 102 Å². The molecule has 0 saturated carbocycles. The second-order valence-electron chi connectivity index (χ2n) is 2.99. The molecule has 0 unspecified atom stereocenters. The summed E-state index contributed by atoms with van der Waals surface area (Å²) in [6.07, 6.45) is 0. The highest BCUT2D eigenvalue weighted by molar-refractivity contribution is 7.17. The van der Waals surface area contributed by atoms with Crippen LogP contribution in [0.4, 0.5) is 9.93 Å². The first-order valence-electron chi connectivity index (χ1n) is 5.02. The summed E-state index contributed by atoms with van der Waals surface area (Å²) >= 11 is 1.17. The molecule has 0 aliphatic heterocycles. The van der Waals surface area contributed by atoms with E-state index < -0.39 is 6.03 Å². The molecule has 0 aliphatic carbocycles. The Morgan fingerprint density at radius 3 is 2.65 bits per heavy atom. The minimum Gasteiger partial charge on any atom is -0.360 e. The first-order valence-corrected chi connectivity index (χ1v) is 5.84. The maximum Gasteiger partial charge on any atom is 0.312 e. The minimum atomic E-state index is -0.621. The SMILES string of the molecule is CCNc1nnc(C(=O)NCCNC(N)=O)s1. The van der Waals surface area contributed by atoms with Gasteiger partial charge in [0.05, 0.1) is 0 Å². The van der Waals surface area contributed by atoms with Crippen LogP contribution >= 0.6 is 11.3 Å². The fourth-order valence-corrected chi connectivity index (χ4v) is 1.70. The van der Waals surface area contributed by atoms with Crippen LogP contribution in [0.2, 0.25) is 0 Å². The number of anilines is 1. The number of nitrogens with zero attached hydrogens (tertiary/aromatic N) is 2. The van der Waals surface area contributed by atoms with Crippen molar-refractivity contribution in [3.8, 4) is 0 Å². The Bertz CT molecular complexity index is 393. The van der Waals surface area contributed by atoms with Crippen molar-refractivity contribution >= 4 is 28.4 Å². The summed E-state index contributed by atoms with van der Waals surface area (Å²) in [6.45, 7) is 3.22. The predicted octanol–water partition coefficient (Wildman–Crippen LogP) is -0.632. The van der Waals surface area contributed by atoms with Gasteiger partial charge in [0.1, 0.15) is 0 Å². The highest BCUT2D eigenvalue weighted by Gasteiger charge is 2.11. The van der Waals surface area contributed by atoms with Crippen molar-refractivity contribution < 1.29 is 9.59 Å². The fourth-order valence-electron chi connectivity index (χ4n) is 0.975. The Morgan fingerprint density at radius 2 is 2.00 bits per heavy atom. The van der Waals surface area contributed by atoms with Crippen LogP contribution in [0.5, 0.6) is 0 Å². The summed E-state index contributed by atoms with van der Waals surface area (Å²) in [5.74, 6) is -0.321. The average Bonchev–Trinajstić information content (AvgIpc) is 2.73. The van der Waals surface area contributed by atoms with Crippen LogP contribution in [-0.2, 0) is 0 Å². The van der Waals surface area contributed by atoms with Crippen molar-refractivity contribution in [1.29, 1.82) is 0 Å². The van der Waals surface area contributed by atoms with Gasteiger partial charge >= 0.3 is 6.03 Å². The van der Waals surface area contributed by atoms with Crippen LogP contribution in [0.3, 0.4) is 0 Å². The Kier molecular flexibility index (Phi) is 5.14. The van der Waals surface area contributed by atoms with Crippen LogP contribution in [-0.4, -0.2) is 41.8 Å². The molecular weight excluding hydrogens is 244 g/mol. The van der Waals surface area contributed by atoms with Gasteiger partial charge in [0, 0.05) is 19.6 Å². The van der Waals surface area contributed by atoms with Gasteiger partial charge in [-0.05, 0) is 6.92 Å². The van der Waals surface area contributed by atoms with Gasteiger partial charge in [-0.2, -0.15) is 0 Å². The summed E-state index contributed by atoms with van der Waals surface area (Å²) in [6, 6.07) is -0.621. The van der Waals surface area contributed by atoms with Crippen molar-refractivity contribution in [3.05, 3.63) is 5.01 Å². The van der Waals surface area contributed by atoms with Crippen molar-refractivity contribution in [2.24, 2.45) is 5.73 Å². The number of nitrogens with one attached hydrogen (secondary N) is 3. The second kappa shape index (κ2) is 6.63. The van der Waals surface area contributed by atoms with Crippen LogP contribution in [0, 0.1) is 0 Å².